The number of rotatable bonds is 42. The van der Waals surface area contributed by atoms with Crippen LogP contribution in [0.2, 0.25) is 0 Å². The molecule has 0 amide bonds. The van der Waals surface area contributed by atoms with E-state index in [2.05, 4.69) is 79.1 Å². The van der Waals surface area contributed by atoms with E-state index in [4.69, 9.17) is 24.8 Å². The van der Waals surface area contributed by atoms with Gasteiger partial charge in [-0.3, -0.25) is 23.4 Å². The first-order valence-corrected chi connectivity index (χ1v) is 24.5. The molecule has 0 aliphatic heterocycles. The smallest absolute Gasteiger partial charge is 0.472 e. The van der Waals surface area contributed by atoms with Crippen molar-refractivity contribution in [2.45, 2.75) is 193 Å². The number of allylic oxidation sites excluding steroid dienone is 12. The Morgan fingerprint density at radius 3 is 1.48 bits per heavy atom. The summed E-state index contributed by atoms with van der Waals surface area (Å²) in [5.41, 5.74) is 5.33. The summed E-state index contributed by atoms with van der Waals surface area (Å²) in [6, 6.07) is -1.54. The molecule has 0 rings (SSSR count). The van der Waals surface area contributed by atoms with Gasteiger partial charge < -0.3 is 25.2 Å². The summed E-state index contributed by atoms with van der Waals surface area (Å²) in [4.78, 5) is 46.0. The molecule has 0 fully saturated rings. The van der Waals surface area contributed by atoms with E-state index in [-0.39, 0.29) is 19.4 Å². The number of nitrogens with two attached hydrogens (primary N) is 1. The van der Waals surface area contributed by atoms with Crippen molar-refractivity contribution < 1.29 is 47.5 Å². The summed E-state index contributed by atoms with van der Waals surface area (Å²) in [5.74, 6) is -2.48. The van der Waals surface area contributed by atoms with Crippen LogP contribution in [0.25, 0.3) is 0 Å². The van der Waals surface area contributed by atoms with E-state index in [1.165, 1.54) is 77.0 Å². The molecule has 0 aromatic carbocycles. The lowest BCUT2D eigenvalue weighted by Gasteiger charge is -2.20. The van der Waals surface area contributed by atoms with Crippen molar-refractivity contribution in [2.24, 2.45) is 5.73 Å². The number of phosphoric acid groups is 1. The fourth-order valence-electron chi connectivity index (χ4n) is 5.81. The van der Waals surface area contributed by atoms with Crippen LogP contribution in [0, 0.1) is 0 Å². The second-order valence-electron chi connectivity index (χ2n) is 15.2. The number of hydrogen-bond acceptors (Lipinski definition) is 9. The van der Waals surface area contributed by atoms with Crippen LogP contribution in [0.1, 0.15) is 181 Å². The Morgan fingerprint density at radius 2 is 0.950 bits per heavy atom. The SMILES string of the molecule is CCCCCC/C=C/C=C/CCCCCCCC(=O)OC[C@@H](COP(=O)(O)OC[C@H](N)C(=O)O)OC(=O)CCC/C=C/C/C=C/C/C=C/C/C=C/CCCCCCCCC. The van der Waals surface area contributed by atoms with Gasteiger partial charge in [0.15, 0.2) is 6.10 Å². The van der Waals surface area contributed by atoms with Gasteiger partial charge >= 0.3 is 25.7 Å². The Balaban J connectivity index is 4.47. The van der Waals surface area contributed by atoms with Crippen LogP contribution in [-0.2, 0) is 37.5 Å². The molecular formula is C48H82NO10P. The topological polar surface area (TPSA) is 172 Å². The predicted octanol–water partition coefficient (Wildman–Crippen LogP) is 12.5. The standard InChI is InChI=1S/C48H82NO10P/c1-3-5-7-9-11-13-15-17-19-20-21-22-23-24-26-28-30-32-34-36-38-40-47(51)59-44(42-57-60(54,55)58-43-45(49)48(52)53)41-56-46(50)39-37-35-33-31-29-27-25-18-16-14-12-10-8-6-4-2/h14,16,18-20,22-23,25-26,28,32,34,44-45H,3-13,15,17,21,24,27,29-31,33,35-43,49H2,1-2H3,(H,52,53)(H,54,55)/b16-14+,20-19+,23-22+,25-18+,28-26+,34-32+/t44-,45-/m0/s1. The van der Waals surface area contributed by atoms with Crippen LogP contribution in [0.5, 0.6) is 0 Å². The molecule has 0 aliphatic rings. The molecule has 0 aliphatic carbocycles. The van der Waals surface area contributed by atoms with Crippen molar-refractivity contribution in [3.63, 3.8) is 0 Å². The molecule has 3 atom stereocenters. The fourth-order valence-corrected chi connectivity index (χ4v) is 6.59. The molecule has 0 radical (unpaired) electrons. The van der Waals surface area contributed by atoms with E-state index in [1.54, 1.807) is 0 Å². The highest BCUT2D eigenvalue weighted by atomic mass is 31.2. The molecule has 60 heavy (non-hydrogen) atoms. The third kappa shape index (κ3) is 41.6. The van der Waals surface area contributed by atoms with Gasteiger partial charge in [-0.1, -0.05) is 164 Å². The Labute approximate surface area is 363 Å². The van der Waals surface area contributed by atoms with Crippen LogP contribution in [0.15, 0.2) is 72.9 Å². The molecule has 0 aromatic rings. The molecular weight excluding hydrogens is 781 g/mol. The third-order valence-electron chi connectivity index (χ3n) is 9.45. The average molecular weight is 864 g/mol. The van der Waals surface area contributed by atoms with Crippen LogP contribution in [0.3, 0.4) is 0 Å². The summed E-state index contributed by atoms with van der Waals surface area (Å²) < 4.78 is 32.6. The maximum absolute atomic E-state index is 12.6. The second-order valence-corrected chi connectivity index (χ2v) is 16.7. The van der Waals surface area contributed by atoms with E-state index in [9.17, 15) is 23.8 Å². The summed E-state index contributed by atoms with van der Waals surface area (Å²) in [6.45, 7) is 2.70. The minimum absolute atomic E-state index is 0.0787. The van der Waals surface area contributed by atoms with Gasteiger partial charge in [0.1, 0.15) is 12.6 Å². The van der Waals surface area contributed by atoms with E-state index >= 15 is 0 Å². The van der Waals surface area contributed by atoms with Gasteiger partial charge in [-0.25, -0.2) is 4.57 Å². The number of ether oxygens (including phenoxy) is 2. The fraction of sp³-hybridized carbons (Fsp3) is 0.688. The maximum atomic E-state index is 12.6. The maximum Gasteiger partial charge on any atom is 0.472 e. The van der Waals surface area contributed by atoms with Crippen molar-refractivity contribution in [1.29, 1.82) is 0 Å². The van der Waals surface area contributed by atoms with Crippen LogP contribution >= 0.6 is 7.82 Å². The predicted molar refractivity (Wildman–Crippen MR) is 244 cm³/mol. The Kier molecular flexibility index (Phi) is 40.4. The molecule has 0 heterocycles. The molecule has 11 nitrogen and oxygen atoms in total. The van der Waals surface area contributed by atoms with Gasteiger partial charge in [0.25, 0.3) is 0 Å². The normalized spacial score (nSPS) is 14.3. The van der Waals surface area contributed by atoms with E-state index in [0.29, 0.717) is 19.3 Å². The molecule has 0 bridgehead atoms. The molecule has 12 heteroatoms. The number of phosphoric ester groups is 1. The monoisotopic (exact) mass is 864 g/mol. The van der Waals surface area contributed by atoms with Crippen molar-refractivity contribution in [3.8, 4) is 0 Å². The van der Waals surface area contributed by atoms with Gasteiger partial charge in [-0.15, -0.1) is 0 Å². The summed E-state index contributed by atoms with van der Waals surface area (Å²) in [7, 11) is -4.74. The lowest BCUT2D eigenvalue weighted by molar-refractivity contribution is -0.161. The first-order chi connectivity index (χ1) is 29.1. The zero-order valence-corrected chi connectivity index (χ0v) is 38.2. The first-order valence-electron chi connectivity index (χ1n) is 23.0. The number of carbonyl (C=O) groups excluding carboxylic acids is 2. The molecule has 344 valence electrons. The van der Waals surface area contributed by atoms with Gasteiger partial charge in [0.05, 0.1) is 13.2 Å². The number of carbonyl (C=O) groups is 3. The van der Waals surface area contributed by atoms with Crippen molar-refractivity contribution in [3.05, 3.63) is 72.9 Å². The van der Waals surface area contributed by atoms with Gasteiger partial charge in [-0.05, 0) is 77.0 Å². The van der Waals surface area contributed by atoms with E-state index in [0.717, 1.165) is 57.8 Å². The lowest BCUT2D eigenvalue weighted by atomic mass is 10.1. The summed E-state index contributed by atoms with van der Waals surface area (Å²) in [5, 5.41) is 8.90. The third-order valence-corrected chi connectivity index (χ3v) is 10.4. The van der Waals surface area contributed by atoms with Crippen molar-refractivity contribution in [1.82, 2.24) is 0 Å². The minimum Gasteiger partial charge on any atom is -0.480 e. The quantitative estimate of drug-likeness (QED) is 0.0175. The number of esters is 2. The van der Waals surface area contributed by atoms with E-state index in [1.807, 2.05) is 12.2 Å². The molecule has 0 saturated carbocycles. The molecule has 0 spiro atoms. The van der Waals surface area contributed by atoms with Gasteiger partial charge in [-0.2, -0.15) is 0 Å². The van der Waals surface area contributed by atoms with Crippen LogP contribution in [0.4, 0.5) is 0 Å². The number of aliphatic carboxylic acids is 1. The average Bonchev–Trinajstić information content (AvgIpc) is 3.22. The van der Waals surface area contributed by atoms with Crippen LogP contribution < -0.4 is 5.73 Å². The second kappa shape index (κ2) is 42.6. The number of carboxylic acid groups (broad SMARTS) is 1. The highest BCUT2D eigenvalue weighted by Gasteiger charge is 2.28. The summed E-state index contributed by atoms with van der Waals surface area (Å²) in [6.07, 6.45) is 51.2. The number of hydrogen-bond donors (Lipinski definition) is 3. The highest BCUT2D eigenvalue weighted by Crippen LogP contribution is 2.43. The minimum atomic E-state index is -4.74. The largest absolute Gasteiger partial charge is 0.480 e. The van der Waals surface area contributed by atoms with Gasteiger partial charge in [0, 0.05) is 12.8 Å². The Hall–Kier alpha value is -3.08. The van der Waals surface area contributed by atoms with E-state index < -0.39 is 51.1 Å². The highest BCUT2D eigenvalue weighted by molar-refractivity contribution is 7.47. The number of unbranched alkanes of at least 4 members (excludes halogenated alkanes) is 17. The molecule has 4 N–H and O–H groups in total. The summed E-state index contributed by atoms with van der Waals surface area (Å²) >= 11 is 0. The van der Waals surface area contributed by atoms with Crippen molar-refractivity contribution >= 4 is 25.7 Å². The van der Waals surface area contributed by atoms with Crippen LogP contribution in [-0.4, -0.2) is 59.9 Å². The Bertz CT molecular complexity index is 1290. The first kappa shape index (κ1) is 56.9. The number of carboxylic acids is 1. The molecule has 0 aromatic heterocycles. The zero-order valence-electron chi connectivity index (χ0n) is 37.3. The molecule has 1 unspecified atom stereocenters. The lowest BCUT2D eigenvalue weighted by Crippen LogP contribution is -2.34. The van der Waals surface area contributed by atoms with Gasteiger partial charge in [0.2, 0.25) is 0 Å². The zero-order chi connectivity index (χ0) is 44.2. The molecule has 0 saturated heterocycles. The van der Waals surface area contributed by atoms with Crippen molar-refractivity contribution in [2.75, 3.05) is 19.8 Å². The Morgan fingerprint density at radius 1 is 0.533 bits per heavy atom.